The second kappa shape index (κ2) is 8.61. The van der Waals surface area contributed by atoms with Gasteiger partial charge in [0.05, 0.1) is 16.6 Å². The van der Waals surface area contributed by atoms with Crippen LogP contribution in [0.4, 0.5) is 5.69 Å². The molecule has 0 aliphatic rings. The SMILES string of the molecule is CC/N=C/OP(C)OC(CC)c1ccccc1[N+](=O)[O-]. The number of nitrogens with zero attached hydrogens (tertiary/aromatic N) is 2. The molecule has 0 fully saturated rings. The fourth-order valence-corrected chi connectivity index (χ4v) is 2.53. The Hall–Kier alpha value is -1.52. The molecule has 2 unspecified atom stereocenters. The normalized spacial score (nSPS) is 14.2. The number of nitro groups is 1. The lowest BCUT2D eigenvalue weighted by molar-refractivity contribution is -0.386. The number of para-hydroxylation sites is 1. The molecule has 0 aromatic heterocycles. The molecule has 0 saturated heterocycles. The van der Waals surface area contributed by atoms with Crippen LogP contribution < -0.4 is 0 Å². The topological polar surface area (TPSA) is 74.0 Å². The van der Waals surface area contributed by atoms with Crippen LogP contribution in [0.15, 0.2) is 29.3 Å². The van der Waals surface area contributed by atoms with Crippen LogP contribution in [-0.4, -0.2) is 24.5 Å². The van der Waals surface area contributed by atoms with E-state index in [2.05, 4.69) is 4.99 Å². The molecule has 2 atom stereocenters. The van der Waals surface area contributed by atoms with Gasteiger partial charge in [-0.1, -0.05) is 19.1 Å². The minimum absolute atomic E-state index is 0.0741. The molecule has 1 aromatic rings. The molecule has 0 amide bonds. The predicted octanol–water partition coefficient (Wildman–Crippen LogP) is 4.07. The van der Waals surface area contributed by atoms with Crippen molar-refractivity contribution in [2.45, 2.75) is 26.4 Å². The maximum Gasteiger partial charge on any atom is 0.275 e. The van der Waals surface area contributed by atoms with Crippen molar-refractivity contribution >= 4 is 20.5 Å². The van der Waals surface area contributed by atoms with Crippen molar-refractivity contribution in [3.05, 3.63) is 39.9 Å². The largest absolute Gasteiger partial charge is 0.437 e. The van der Waals surface area contributed by atoms with Gasteiger partial charge in [0.25, 0.3) is 5.69 Å². The van der Waals surface area contributed by atoms with E-state index >= 15 is 0 Å². The number of hydrogen-bond donors (Lipinski definition) is 0. The zero-order valence-corrected chi connectivity index (χ0v) is 12.7. The van der Waals surface area contributed by atoms with Gasteiger partial charge in [-0.05, 0) is 19.4 Å². The highest BCUT2D eigenvalue weighted by Gasteiger charge is 2.23. The van der Waals surface area contributed by atoms with Crippen LogP contribution in [0.3, 0.4) is 0 Å². The number of nitro benzene ring substituents is 1. The van der Waals surface area contributed by atoms with E-state index in [1.165, 1.54) is 12.5 Å². The molecule has 7 heteroatoms. The molecule has 20 heavy (non-hydrogen) atoms. The molecule has 0 bridgehead atoms. The summed E-state index contributed by atoms with van der Waals surface area (Å²) in [6.07, 6.45) is 1.65. The minimum atomic E-state index is -1.16. The van der Waals surface area contributed by atoms with E-state index < -0.39 is 13.3 Å². The molecular formula is C13H19N2O4P. The summed E-state index contributed by atoms with van der Waals surface area (Å²) in [5.74, 6) is 0. The van der Waals surface area contributed by atoms with Crippen LogP contribution in [0.25, 0.3) is 0 Å². The molecule has 0 radical (unpaired) electrons. The maximum atomic E-state index is 11.0. The Bertz CT molecular complexity index is 467. The second-order valence-corrected chi connectivity index (χ2v) is 5.27. The Labute approximate surface area is 119 Å². The highest BCUT2D eigenvalue weighted by molar-refractivity contribution is 7.46. The van der Waals surface area contributed by atoms with E-state index in [-0.39, 0.29) is 11.8 Å². The van der Waals surface area contributed by atoms with Crippen molar-refractivity contribution in [2.24, 2.45) is 4.99 Å². The summed E-state index contributed by atoms with van der Waals surface area (Å²) in [5, 5.41) is 11.0. The molecule has 0 aliphatic carbocycles. The molecular weight excluding hydrogens is 279 g/mol. The predicted molar refractivity (Wildman–Crippen MR) is 80.2 cm³/mol. The quantitative estimate of drug-likeness (QED) is 0.238. The molecule has 0 spiro atoms. The molecule has 1 rings (SSSR count). The van der Waals surface area contributed by atoms with Gasteiger partial charge >= 0.3 is 0 Å². The Kier molecular flexibility index (Phi) is 7.12. The Morgan fingerprint density at radius 1 is 1.45 bits per heavy atom. The third-order valence-corrected chi connectivity index (χ3v) is 3.52. The first-order valence-corrected chi connectivity index (χ1v) is 8.01. The fraction of sp³-hybridized carbons (Fsp3) is 0.462. The summed E-state index contributed by atoms with van der Waals surface area (Å²) in [7, 11) is -1.16. The van der Waals surface area contributed by atoms with Crippen LogP contribution in [0.2, 0.25) is 0 Å². The lowest BCUT2D eigenvalue weighted by Crippen LogP contribution is -2.04. The first kappa shape index (κ1) is 16.5. The van der Waals surface area contributed by atoms with E-state index in [0.717, 1.165) is 0 Å². The highest BCUT2D eigenvalue weighted by atomic mass is 31.2. The van der Waals surface area contributed by atoms with Gasteiger partial charge < -0.3 is 9.05 Å². The van der Waals surface area contributed by atoms with E-state index in [0.29, 0.717) is 18.5 Å². The molecule has 0 saturated carbocycles. The van der Waals surface area contributed by atoms with E-state index in [9.17, 15) is 10.1 Å². The Morgan fingerprint density at radius 2 is 2.15 bits per heavy atom. The lowest BCUT2D eigenvalue weighted by atomic mass is 10.1. The smallest absolute Gasteiger partial charge is 0.275 e. The van der Waals surface area contributed by atoms with Crippen molar-refractivity contribution in [3.63, 3.8) is 0 Å². The number of aliphatic imine (C=N–C) groups is 1. The fourth-order valence-electron chi connectivity index (χ4n) is 1.66. The summed E-state index contributed by atoms with van der Waals surface area (Å²) >= 11 is 0. The molecule has 6 nitrogen and oxygen atoms in total. The van der Waals surface area contributed by atoms with Crippen LogP contribution in [0.1, 0.15) is 31.9 Å². The Morgan fingerprint density at radius 3 is 2.75 bits per heavy atom. The van der Waals surface area contributed by atoms with Crippen molar-refractivity contribution in [2.75, 3.05) is 13.2 Å². The average molecular weight is 298 g/mol. The van der Waals surface area contributed by atoms with Crippen molar-refractivity contribution in [3.8, 4) is 0 Å². The van der Waals surface area contributed by atoms with Gasteiger partial charge in [-0.25, -0.2) is 0 Å². The monoisotopic (exact) mass is 298 g/mol. The average Bonchev–Trinajstić information content (AvgIpc) is 2.45. The summed E-state index contributed by atoms with van der Waals surface area (Å²) in [5.41, 5.74) is 0.648. The second-order valence-electron chi connectivity index (χ2n) is 3.97. The summed E-state index contributed by atoms with van der Waals surface area (Å²) in [4.78, 5) is 14.6. The van der Waals surface area contributed by atoms with Crippen LogP contribution in [-0.2, 0) is 9.05 Å². The highest BCUT2D eigenvalue weighted by Crippen LogP contribution is 2.42. The third-order valence-electron chi connectivity index (χ3n) is 2.58. The van der Waals surface area contributed by atoms with Crippen molar-refractivity contribution in [1.82, 2.24) is 0 Å². The summed E-state index contributed by atoms with van der Waals surface area (Å²) < 4.78 is 11.1. The zero-order valence-electron chi connectivity index (χ0n) is 11.9. The van der Waals surface area contributed by atoms with E-state index in [1.807, 2.05) is 13.8 Å². The molecule has 0 heterocycles. The molecule has 0 aliphatic heterocycles. The van der Waals surface area contributed by atoms with Gasteiger partial charge in [-0.2, -0.15) is 0 Å². The van der Waals surface area contributed by atoms with Gasteiger partial charge in [-0.3, -0.25) is 15.1 Å². The summed E-state index contributed by atoms with van der Waals surface area (Å²) in [6.45, 7) is 6.27. The maximum absolute atomic E-state index is 11.0. The van der Waals surface area contributed by atoms with E-state index in [4.69, 9.17) is 9.05 Å². The van der Waals surface area contributed by atoms with Crippen LogP contribution in [0, 0.1) is 10.1 Å². The minimum Gasteiger partial charge on any atom is -0.437 e. The third kappa shape index (κ3) is 4.87. The van der Waals surface area contributed by atoms with Gasteiger partial charge in [0, 0.05) is 19.3 Å². The van der Waals surface area contributed by atoms with Crippen molar-refractivity contribution in [1.29, 1.82) is 0 Å². The summed E-state index contributed by atoms with van der Waals surface area (Å²) in [6, 6.07) is 6.62. The van der Waals surface area contributed by atoms with Gasteiger partial charge in [0.1, 0.15) is 0 Å². The molecule has 0 N–H and O–H groups in total. The lowest BCUT2D eigenvalue weighted by Gasteiger charge is -2.19. The standard InChI is InChI=1S/C13H19N2O4P/c1-4-13(19-20(3)18-10-14-5-2)11-8-6-7-9-12(11)15(16)17/h6-10,13H,4-5H2,1-3H3/b14-10+. The van der Waals surface area contributed by atoms with E-state index in [1.54, 1.807) is 24.9 Å². The first-order chi connectivity index (χ1) is 9.60. The number of hydrogen-bond acceptors (Lipinski definition) is 5. The van der Waals surface area contributed by atoms with Crippen molar-refractivity contribution < 1.29 is 14.0 Å². The Balaban J connectivity index is 2.80. The van der Waals surface area contributed by atoms with Gasteiger partial charge in [0.2, 0.25) is 8.38 Å². The van der Waals surface area contributed by atoms with Crippen LogP contribution in [0.5, 0.6) is 0 Å². The first-order valence-electron chi connectivity index (χ1n) is 6.39. The number of benzene rings is 1. The van der Waals surface area contributed by atoms with Gasteiger partial charge in [-0.15, -0.1) is 0 Å². The van der Waals surface area contributed by atoms with Crippen LogP contribution >= 0.6 is 8.38 Å². The van der Waals surface area contributed by atoms with Gasteiger partial charge in [0.15, 0.2) is 6.40 Å². The molecule has 110 valence electrons. The number of rotatable bonds is 8. The zero-order chi connectivity index (χ0) is 15.0. The molecule has 1 aromatic carbocycles.